The number of esters is 2. The summed E-state index contributed by atoms with van der Waals surface area (Å²) in [6.45, 7) is 3.66. The summed E-state index contributed by atoms with van der Waals surface area (Å²) in [5, 5.41) is 2.75. The van der Waals surface area contributed by atoms with Crippen molar-refractivity contribution in [3.05, 3.63) is 65.2 Å². The molecule has 0 saturated heterocycles. The molecule has 0 saturated carbocycles. The predicted molar refractivity (Wildman–Crippen MR) is 97.2 cm³/mol. The Hall–Kier alpha value is -3.15. The highest BCUT2D eigenvalue weighted by atomic mass is 16.5. The number of benzene rings is 2. The van der Waals surface area contributed by atoms with Crippen LogP contribution in [0.15, 0.2) is 48.5 Å². The molecular weight excluding hydrogens is 334 g/mol. The molecule has 1 N–H and O–H groups in total. The van der Waals surface area contributed by atoms with E-state index in [-0.39, 0.29) is 11.5 Å². The first-order valence-electron chi connectivity index (χ1n) is 8.16. The fraction of sp³-hybridized carbons (Fsp3) is 0.250. The summed E-state index contributed by atoms with van der Waals surface area (Å²) in [6.07, 6.45) is 0. The van der Waals surface area contributed by atoms with Gasteiger partial charge in [0.05, 0.1) is 18.2 Å². The molecule has 0 radical (unpaired) electrons. The van der Waals surface area contributed by atoms with Gasteiger partial charge in [0, 0.05) is 5.69 Å². The van der Waals surface area contributed by atoms with E-state index in [1.165, 1.54) is 31.4 Å². The fourth-order valence-electron chi connectivity index (χ4n) is 2.38. The highest BCUT2D eigenvalue weighted by Crippen LogP contribution is 2.23. The summed E-state index contributed by atoms with van der Waals surface area (Å²) >= 11 is 0. The first-order valence-corrected chi connectivity index (χ1v) is 8.16. The Bertz CT molecular complexity index is 796. The number of nitrogens with one attached hydrogen (secondary N) is 1. The summed E-state index contributed by atoms with van der Waals surface area (Å²) in [5.74, 6) is -1.30. The maximum Gasteiger partial charge on any atom is 0.338 e. The van der Waals surface area contributed by atoms with Gasteiger partial charge in [0.2, 0.25) is 0 Å². The van der Waals surface area contributed by atoms with Gasteiger partial charge >= 0.3 is 11.9 Å². The standard InChI is InChI=1S/C20H21NO5/c1-13(2)16-6-4-5-7-17(16)21-18(22)12-26-20(24)15-10-8-14(9-11-15)19(23)25-3/h4-11,13H,12H2,1-3H3,(H,21,22). The van der Waals surface area contributed by atoms with Crippen LogP contribution in [0, 0.1) is 0 Å². The van der Waals surface area contributed by atoms with Crippen LogP contribution in [0.2, 0.25) is 0 Å². The van der Waals surface area contributed by atoms with E-state index in [9.17, 15) is 14.4 Å². The predicted octanol–water partition coefficient (Wildman–Crippen LogP) is 3.39. The van der Waals surface area contributed by atoms with Crippen molar-refractivity contribution in [3.8, 4) is 0 Å². The largest absolute Gasteiger partial charge is 0.465 e. The quantitative estimate of drug-likeness (QED) is 0.803. The minimum absolute atomic E-state index is 0.244. The summed E-state index contributed by atoms with van der Waals surface area (Å²) in [5.41, 5.74) is 2.27. The molecule has 2 aromatic rings. The van der Waals surface area contributed by atoms with Crippen LogP contribution < -0.4 is 5.32 Å². The molecule has 136 valence electrons. The number of carbonyl (C=O) groups is 3. The van der Waals surface area contributed by atoms with Gasteiger partial charge in [-0.05, 0) is 41.8 Å². The average Bonchev–Trinajstić information content (AvgIpc) is 2.65. The minimum atomic E-state index is -0.645. The Balaban J connectivity index is 1.93. The molecule has 0 aromatic heterocycles. The third kappa shape index (κ3) is 4.92. The van der Waals surface area contributed by atoms with Crippen molar-refractivity contribution in [2.45, 2.75) is 19.8 Å². The van der Waals surface area contributed by atoms with Crippen LogP contribution >= 0.6 is 0 Å². The maximum absolute atomic E-state index is 12.1. The molecule has 0 aliphatic rings. The van der Waals surface area contributed by atoms with Crippen molar-refractivity contribution in [2.24, 2.45) is 0 Å². The van der Waals surface area contributed by atoms with Crippen molar-refractivity contribution < 1.29 is 23.9 Å². The van der Waals surface area contributed by atoms with Gasteiger partial charge in [0.1, 0.15) is 0 Å². The number of amides is 1. The van der Waals surface area contributed by atoms with Crippen molar-refractivity contribution in [2.75, 3.05) is 19.0 Å². The molecule has 0 heterocycles. The third-order valence-corrected chi connectivity index (χ3v) is 3.73. The first-order chi connectivity index (χ1) is 12.4. The molecule has 0 aliphatic carbocycles. The van der Waals surface area contributed by atoms with Crippen LogP contribution in [-0.4, -0.2) is 31.6 Å². The zero-order valence-corrected chi connectivity index (χ0v) is 14.9. The van der Waals surface area contributed by atoms with Gasteiger partial charge in [0.15, 0.2) is 6.61 Å². The van der Waals surface area contributed by atoms with E-state index in [1.807, 2.05) is 32.0 Å². The third-order valence-electron chi connectivity index (χ3n) is 3.73. The lowest BCUT2D eigenvalue weighted by atomic mass is 10.0. The smallest absolute Gasteiger partial charge is 0.338 e. The fourth-order valence-corrected chi connectivity index (χ4v) is 2.38. The Kier molecular flexibility index (Phi) is 6.49. The lowest BCUT2D eigenvalue weighted by Crippen LogP contribution is -2.21. The lowest BCUT2D eigenvalue weighted by Gasteiger charge is -2.13. The second-order valence-corrected chi connectivity index (χ2v) is 5.94. The molecule has 26 heavy (non-hydrogen) atoms. The second-order valence-electron chi connectivity index (χ2n) is 5.94. The number of hydrogen-bond donors (Lipinski definition) is 1. The lowest BCUT2D eigenvalue weighted by molar-refractivity contribution is -0.119. The van der Waals surface area contributed by atoms with E-state index in [0.29, 0.717) is 11.3 Å². The summed E-state index contributed by atoms with van der Waals surface area (Å²) in [7, 11) is 1.28. The molecule has 0 fully saturated rings. The Labute approximate surface area is 152 Å². The molecule has 0 aliphatic heterocycles. The Morgan fingerprint density at radius 1 is 0.923 bits per heavy atom. The SMILES string of the molecule is COC(=O)c1ccc(C(=O)OCC(=O)Nc2ccccc2C(C)C)cc1. The van der Waals surface area contributed by atoms with Gasteiger partial charge in [-0.3, -0.25) is 4.79 Å². The molecule has 0 atom stereocenters. The highest BCUT2D eigenvalue weighted by molar-refractivity contribution is 5.96. The molecule has 0 bridgehead atoms. The Morgan fingerprint density at radius 2 is 1.50 bits per heavy atom. The number of ether oxygens (including phenoxy) is 2. The molecule has 2 aromatic carbocycles. The zero-order chi connectivity index (χ0) is 19.1. The van der Waals surface area contributed by atoms with Gasteiger partial charge in [-0.25, -0.2) is 9.59 Å². The highest BCUT2D eigenvalue weighted by Gasteiger charge is 2.13. The average molecular weight is 355 g/mol. The summed E-state index contributed by atoms with van der Waals surface area (Å²) < 4.78 is 9.61. The van der Waals surface area contributed by atoms with Crippen LogP contribution in [0.4, 0.5) is 5.69 Å². The topological polar surface area (TPSA) is 81.7 Å². The van der Waals surface area contributed by atoms with E-state index < -0.39 is 24.5 Å². The number of para-hydroxylation sites is 1. The van der Waals surface area contributed by atoms with E-state index in [1.54, 1.807) is 6.07 Å². The number of methoxy groups -OCH3 is 1. The van der Waals surface area contributed by atoms with Crippen LogP contribution in [0.5, 0.6) is 0 Å². The van der Waals surface area contributed by atoms with E-state index in [0.717, 1.165) is 5.56 Å². The molecule has 1 amide bonds. The monoisotopic (exact) mass is 355 g/mol. The molecule has 6 nitrogen and oxygen atoms in total. The van der Waals surface area contributed by atoms with Crippen LogP contribution in [0.25, 0.3) is 0 Å². The molecule has 0 unspecified atom stereocenters. The van der Waals surface area contributed by atoms with Crippen LogP contribution in [0.3, 0.4) is 0 Å². The van der Waals surface area contributed by atoms with Crippen molar-refractivity contribution >= 4 is 23.5 Å². The van der Waals surface area contributed by atoms with Crippen molar-refractivity contribution in [3.63, 3.8) is 0 Å². The molecule has 0 spiro atoms. The van der Waals surface area contributed by atoms with Crippen molar-refractivity contribution in [1.29, 1.82) is 0 Å². The van der Waals surface area contributed by atoms with Crippen molar-refractivity contribution in [1.82, 2.24) is 0 Å². The number of hydrogen-bond acceptors (Lipinski definition) is 5. The van der Waals surface area contributed by atoms with Gasteiger partial charge in [-0.15, -0.1) is 0 Å². The van der Waals surface area contributed by atoms with Gasteiger partial charge in [-0.1, -0.05) is 32.0 Å². The normalized spacial score (nSPS) is 10.3. The van der Waals surface area contributed by atoms with Gasteiger partial charge < -0.3 is 14.8 Å². The zero-order valence-electron chi connectivity index (χ0n) is 14.9. The van der Waals surface area contributed by atoms with Gasteiger partial charge in [0.25, 0.3) is 5.91 Å². The van der Waals surface area contributed by atoms with E-state index in [4.69, 9.17) is 4.74 Å². The number of anilines is 1. The van der Waals surface area contributed by atoms with Gasteiger partial charge in [-0.2, -0.15) is 0 Å². The van der Waals surface area contributed by atoms with E-state index >= 15 is 0 Å². The second kappa shape index (κ2) is 8.80. The summed E-state index contributed by atoms with van der Waals surface area (Å²) in [6, 6.07) is 13.3. The first kappa shape index (κ1) is 19.2. The summed E-state index contributed by atoms with van der Waals surface area (Å²) in [4.78, 5) is 35.4. The van der Waals surface area contributed by atoms with Crippen LogP contribution in [-0.2, 0) is 14.3 Å². The maximum atomic E-state index is 12.1. The molecule has 2 rings (SSSR count). The minimum Gasteiger partial charge on any atom is -0.465 e. The van der Waals surface area contributed by atoms with E-state index in [2.05, 4.69) is 10.1 Å². The number of carbonyl (C=O) groups excluding carboxylic acids is 3. The van der Waals surface area contributed by atoms with Crippen LogP contribution in [0.1, 0.15) is 46.0 Å². The molecule has 6 heteroatoms. The molecular formula is C20H21NO5. The Morgan fingerprint density at radius 3 is 2.08 bits per heavy atom. The number of rotatable bonds is 6.